The van der Waals surface area contributed by atoms with E-state index in [0.29, 0.717) is 5.95 Å². The lowest BCUT2D eigenvalue weighted by Gasteiger charge is -2.28. The van der Waals surface area contributed by atoms with Gasteiger partial charge in [0.25, 0.3) is 0 Å². The maximum Gasteiger partial charge on any atom is 0.245 e. The van der Waals surface area contributed by atoms with Crippen molar-refractivity contribution in [3.63, 3.8) is 0 Å². The van der Waals surface area contributed by atoms with E-state index in [1.54, 1.807) is 0 Å². The number of anilines is 4. The molecule has 5 rings (SSSR count). The Morgan fingerprint density at radius 1 is 0.966 bits per heavy atom. The Morgan fingerprint density at radius 2 is 1.79 bits per heavy atom. The summed E-state index contributed by atoms with van der Waals surface area (Å²) in [6.45, 7) is 3.40. The summed E-state index contributed by atoms with van der Waals surface area (Å²) in [4.78, 5) is 6.77. The van der Waals surface area contributed by atoms with Crippen LogP contribution in [-0.4, -0.2) is 40.9 Å². The highest BCUT2D eigenvalue weighted by atomic mass is 16.5. The van der Waals surface area contributed by atoms with Crippen LogP contribution < -0.4 is 16.0 Å². The summed E-state index contributed by atoms with van der Waals surface area (Å²) < 4.78 is 7.30. The molecular formula is C22H22N6O. The van der Waals surface area contributed by atoms with E-state index in [1.165, 1.54) is 5.69 Å². The Labute approximate surface area is 168 Å². The van der Waals surface area contributed by atoms with Gasteiger partial charge < -0.3 is 20.7 Å². The number of ether oxygens (including phenoxy) is 1. The molecule has 0 atom stereocenters. The van der Waals surface area contributed by atoms with Crippen LogP contribution in [-0.2, 0) is 4.74 Å². The van der Waals surface area contributed by atoms with Crippen LogP contribution >= 0.6 is 0 Å². The van der Waals surface area contributed by atoms with Gasteiger partial charge in [0, 0.05) is 35.7 Å². The largest absolute Gasteiger partial charge is 0.399 e. The molecule has 146 valence electrons. The number of nitrogen functional groups attached to an aromatic ring is 1. The van der Waals surface area contributed by atoms with E-state index in [0.717, 1.165) is 54.5 Å². The molecule has 0 bridgehead atoms. The van der Waals surface area contributed by atoms with E-state index >= 15 is 0 Å². The molecule has 7 heteroatoms. The number of nitrogens with two attached hydrogens (primary N) is 1. The molecule has 29 heavy (non-hydrogen) atoms. The molecule has 0 unspecified atom stereocenters. The minimum atomic E-state index is 0.540. The number of fused-ring (bicyclic) bond motifs is 1. The number of hydrogen-bond donors (Lipinski definition) is 2. The quantitative estimate of drug-likeness (QED) is 0.522. The van der Waals surface area contributed by atoms with Gasteiger partial charge in [-0.15, -0.1) is 5.10 Å². The second-order valence-electron chi connectivity index (χ2n) is 7.03. The van der Waals surface area contributed by atoms with Crippen molar-refractivity contribution >= 4 is 28.5 Å². The van der Waals surface area contributed by atoms with Gasteiger partial charge >= 0.3 is 0 Å². The number of nitrogens with zero attached hydrogens (tertiary/aromatic N) is 4. The molecule has 4 aromatic rings. The van der Waals surface area contributed by atoms with Gasteiger partial charge in [0.15, 0.2) is 0 Å². The molecule has 1 aliphatic heterocycles. The molecule has 1 aliphatic rings. The third kappa shape index (κ3) is 3.60. The Bertz CT molecular complexity index is 1130. The molecule has 0 radical (unpaired) electrons. The molecule has 0 saturated carbocycles. The number of nitrogens with one attached hydrogen (secondary N) is 1. The molecule has 3 heterocycles. The fourth-order valence-electron chi connectivity index (χ4n) is 3.58. The van der Waals surface area contributed by atoms with Gasteiger partial charge in [-0.25, -0.2) is 9.50 Å². The van der Waals surface area contributed by atoms with Crippen molar-refractivity contribution in [2.45, 2.75) is 0 Å². The number of benzene rings is 2. The fraction of sp³-hybridized carbons (Fsp3) is 0.182. The standard InChI is InChI=1S/C22H22N6O/c23-17-3-1-2-16(14-17)21-9-8-20-15-24-22(26-28(20)21)25-18-4-6-19(7-5-18)27-10-12-29-13-11-27/h1-9,14-15H,10-13,23H2,(H,25,26). The summed E-state index contributed by atoms with van der Waals surface area (Å²) in [6, 6.07) is 20.1. The first-order chi connectivity index (χ1) is 14.3. The first kappa shape index (κ1) is 17.5. The number of hydrogen-bond acceptors (Lipinski definition) is 6. The fourth-order valence-corrected chi connectivity index (χ4v) is 3.58. The molecule has 2 aromatic carbocycles. The summed E-state index contributed by atoms with van der Waals surface area (Å²) >= 11 is 0. The van der Waals surface area contributed by atoms with E-state index < -0.39 is 0 Å². The lowest BCUT2D eigenvalue weighted by Crippen LogP contribution is -2.36. The Balaban J connectivity index is 1.40. The summed E-state index contributed by atoms with van der Waals surface area (Å²) in [5.74, 6) is 0.540. The highest BCUT2D eigenvalue weighted by Crippen LogP contribution is 2.25. The molecule has 1 saturated heterocycles. The zero-order chi connectivity index (χ0) is 19.6. The average molecular weight is 386 g/mol. The number of aromatic nitrogens is 3. The van der Waals surface area contributed by atoms with Crippen molar-refractivity contribution in [1.29, 1.82) is 0 Å². The molecule has 0 aliphatic carbocycles. The van der Waals surface area contributed by atoms with Crippen LogP contribution in [0.5, 0.6) is 0 Å². The molecule has 7 nitrogen and oxygen atoms in total. The number of morpholine rings is 1. The highest BCUT2D eigenvalue weighted by molar-refractivity contribution is 5.69. The first-order valence-corrected chi connectivity index (χ1v) is 9.67. The van der Waals surface area contributed by atoms with Crippen molar-refractivity contribution < 1.29 is 4.74 Å². The average Bonchev–Trinajstić information content (AvgIpc) is 3.18. The maximum absolute atomic E-state index is 5.94. The third-order valence-electron chi connectivity index (χ3n) is 5.08. The summed E-state index contributed by atoms with van der Waals surface area (Å²) in [6.07, 6.45) is 1.81. The van der Waals surface area contributed by atoms with E-state index in [2.05, 4.69) is 32.4 Å². The Kier molecular flexibility index (Phi) is 4.50. The zero-order valence-electron chi connectivity index (χ0n) is 16.0. The van der Waals surface area contributed by atoms with Crippen molar-refractivity contribution in [2.24, 2.45) is 0 Å². The van der Waals surface area contributed by atoms with Crippen molar-refractivity contribution in [2.75, 3.05) is 42.3 Å². The van der Waals surface area contributed by atoms with Gasteiger partial charge in [-0.3, -0.25) is 0 Å². The van der Waals surface area contributed by atoms with E-state index in [4.69, 9.17) is 10.5 Å². The summed E-state index contributed by atoms with van der Waals surface area (Å²) in [5.41, 5.74) is 11.7. The van der Waals surface area contributed by atoms with E-state index in [1.807, 2.05) is 59.2 Å². The van der Waals surface area contributed by atoms with Crippen LogP contribution in [0.3, 0.4) is 0 Å². The van der Waals surface area contributed by atoms with Crippen molar-refractivity contribution in [3.05, 3.63) is 66.9 Å². The van der Waals surface area contributed by atoms with Crippen LogP contribution in [0.15, 0.2) is 66.9 Å². The van der Waals surface area contributed by atoms with Gasteiger partial charge in [-0.2, -0.15) is 0 Å². The van der Waals surface area contributed by atoms with Crippen LogP contribution in [0, 0.1) is 0 Å². The van der Waals surface area contributed by atoms with Gasteiger partial charge in [0.1, 0.15) is 0 Å². The molecular weight excluding hydrogens is 364 g/mol. The molecule has 0 amide bonds. The molecule has 1 fully saturated rings. The van der Waals surface area contributed by atoms with E-state index in [-0.39, 0.29) is 0 Å². The Hall–Kier alpha value is -3.58. The van der Waals surface area contributed by atoms with Crippen LogP contribution in [0.1, 0.15) is 0 Å². The highest BCUT2D eigenvalue weighted by Gasteiger charge is 2.11. The predicted octanol–water partition coefficient (Wildman–Crippen LogP) is 3.56. The van der Waals surface area contributed by atoms with Gasteiger partial charge in [-0.05, 0) is 48.5 Å². The van der Waals surface area contributed by atoms with E-state index in [9.17, 15) is 0 Å². The zero-order valence-corrected chi connectivity index (χ0v) is 16.0. The second-order valence-corrected chi connectivity index (χ2v) is 7.03. The lowest BCUT2D eigenvalue weighted by atomic mass is 10.1. The second kappa shape index (κ2) is 7.44. The van der Waals surface area contributed by atoms with Crippen molar-refractivity contribution in [1.82, 2.24) is 14.6 Å². The monoisotopic (exact) mass is 386 g/mol. The summed E-state index contributed by atoms with van der Waals surface area (Å²) in [5, 5.41) is 7.97. The third-order valence-corrected chi connectivity index (χ3v) is 5.08. The van der Waals surface area contributed by atoms with Gasteiger partial charge in [0.2, 0.25) is 5.95 Å². The van der Waals surface area contributed by atoms with Crippen LogP contribution in [0.4, 0.5) is 23.0 Å². The Morgan fingerprint density at radius 3 is 2.59 bits per heavy atom. The molecule has 0 spiro atoms. The minimum Gasteiger partial charge on any atom is -0.399 e. The summed E-state index contributed by atoms with van der Waals surface area (Å²) in [7, 11) is 0. The van der Waals surface area contributed by atoms with Crippen molar-refractivity contribution in [3.8, 4) is 11.3 Å². The normalized spacial score (nSPS) is 14.3. The van der Waals surface area contributed by atoms with Gasteiger partial charge in [0.05, 0.1) is 30.6 Å². The van der Waals surface area contributed by atoms with Crippen LogP contribution in [0.25, 0.3) is 16.8 Å². The first-order valence-electron chi connectivity index (χ1n) is 9.67. The molecule has 2 aromatic heterocycles. The van der Waals surface area contributed by atoms with Gasteiger partial charge in [-0.1, -0.05) is 12.1 Å². The topological polar surface area (TPSA) is 80.7 Å². The molecule has 3 N–H and O–H groups in total. The SMILES string of the molecule is Nc1cccc(-c2ccc3cnc(Nc4ccc(N5CCOCC5)cc4)nn23)c1. The smallest absolute Gasteiger partial charge is 0.245 e. The van der Waals surface area contributed by atoms with Crippen LogP contribution in [0.2, 0.25) is 0 Å². The predicted molar refractivity (Wildman–Crippen MR) is 116 cm³/mol. The lowest BCUT2D eigenvalue weighted by molar-refractivity contribution is 0.122. The maximum atomic E-state index is 5.94. The minimum absolute atomic E-state index is 0.540. The number of rotatable bonds is 4.